The predicted octanol–water partition coefficient (Wildman–Crippen LogP) is 3.51. The van der Waals surface area contributed by atoms with Crippen LogP contribution in [-0.4, -0.2) is 4.98 Å². The van der Waals surface area contributed by atoms with Gasteiger partial charge in [-0.2, -0.15) is 0 Å². The summed E-state index contributed by atoms with van der Waals surface area (Å²) in [4.78, 5) is 3.95. The fourth-order valence-corrected chi connectivity index (χ4v) is 1.32. The molecule has 60 valence electrons. The zero-order valence-corrected chi connectivity index (χ0v) is 7.95. The highest BCUT2D eigenvalue weighted by atomic mass is 35.5. The van der Waals surface area contributed by atoms with Gasteiger partial charge in [0.25, 0.3) is 0 Å². The Hall–Kier alpha value is -0.270. The molecule has 0 amide bonds. The minimum Gasteiger partial charge on any atom is -0.263 e. The molecular formula is C8H9Cl2N. The Balaban J connectivity index is 3.17. The molecule has 0 fully saturated rings. The van der Waals surface area contributed by atoms with Crippen molar-refractivity contribution in [1.82, 2.24) is 4.98 Å². The van der Waals surface area contributed by atoms with Crippen molar-refractivity contribution < 1.29 is 0 Å². The van der Waals surface area contributed by atoms with E-state index in [9.17, 15) is 0 Å². The van der Waals surface area contributed by atoms with Gasteiger partial charge in [-0.25, -0.2) is 0 Å². The largest absolute Gasteiger partial charge is 0.263 e. The lowest BCUT2D eigenvalue weighted by molar-refractivity contribution is 0.858. The molecule has 11 heavy (non-hydrogen) atoms. The number of hydrogen-bond acceptors (Lipinski definition) is 1. The van der Waals surface area contributed by atoms with Crippen LogP contribution in [0.1, 0.15) is 25.3 Å². The van der Waals surface area contributed by atoms with E-state index in [2.05, 4.69) is 18.8 Å². The molecule has 0 aliphatic carbocycles. The zero-order chi connectivity index (χ0) is 8.43. The fourth-order valence-electron chi connectivity index (χ4n) is 0.837. The lowest BCUT2D eigenvalue weighted by Crippen LogP contribution is -1.90. The van der Waals surface area contributed by atoms with Gasteiger partial charge >= 0.3 is 0 Å². The number of aromatic nitrogens is 1. The minimum atomic E-state index is 0.369. The third-order valence-corrected chi connectivity index (χ3v) is 2.29. The Morgan fingerprint density at radius 1 is 1.27 bits per heavy atom. The van der Waals surface area contributed by atoms with E-state index < -0.39 is 0 Å². The molecule has 0 unspecified atom stereocenters. The van der Waals surface area contributed by atoms with Crippen molar-refractivity contribution in [2.75, 3.05) is 0 Å². The highest BCUT2D eigenvalue weighted by Crippen LogP contribution is 2.29. The van der Waals surface area contributed by atoms with Gasteiger partial charge in [-0.15, -0.1) is 0 Å². The number of hydrogen-bond donors (Lipinski definition) is 0. The van der Waals surface area contributed by atoms with Crippen molar-refractivity contribution in [3.8, 4) is 0 Å². The summed E-state index contributed by atoms with van der Waals surface area (Å²) in [5.74, 6) is 0.369. The minimum absolute atomic E-state index is 0.369. The van der Waals surface area contributed by atoms with Crippen LogP contribution in [0.3, 0.4) is 0 Å². The summed E-state index contributed by atoms with van der Waals surface area (Å²) in [6.45, 7) is 4.11. The molecule has 1 aromatic rings. The van der Waals surface area contributed by atoms with Gasteiger partial charge in [0.05, 0.1) is 10.0 Å². The SMILES string of the molecule is CC(C)c1cncc(Cl)c1Cl. The van der Waals surface area contributed by atoms with Crippen LogP contribution in [0.5, 0.6) is 0 Å². The van der Waals surface area contributed by atoms with E-state index in [0.29, 0.717) is 16.0 Å². The maximum Gasteiger partial charge on any atom is 0.0778 e. The first kappa shape index (κ1) is 8.82. The van der Waals surface area contributed by atoms with Gasteiger partial charge in [-0.1, -0.05) is 37.0 Å². The lowest BCUT2D eigenvalue weighted by atomic mass is 10.1. The van der Waals surface area contributed by atoms with E-state index in [1.807, 2.05) is 0 Å². The summed E-state index contributed by atoms with van der Waals surface area (Å²) in [6.07, 6.45) is 3.30. The molecule has 0 spiro atoms. The molecule has 0 atom stereocenters. The van der Waals surface area contributed by atoms with Crippen LogP contribution in [-0.2, 0) is 0 Å². The van der Waals surface area contributed by atoms with Gasteiger partial charge in [-0.3, -0.25) is 4.98 Å². The molecule has 0 aromatic carbocycles. The van der Waals surface area contributed by atoms with E-state index >= 15 is 0 Å². The Morgan fingerprint density at radius 3 is 2.36 bits per heavy atom. The smallest absolute Gasteiger partial charge is 0.0778 e. The number of pyridine rings is 1. The fraction of sp³-hybridized carbons (Fsp3) is 0.375. The molecule has 0 aliphatic heterocycles. The molecule has 1 rings (SSSR count). The van der Waals surface area contributed by atoms with Crippen LogP contribution < -0.4 is 0 Å². The molecule has 3 heteroatoms. The monoisotopic (exact) mass is 189 g/mol. The highest BCUT2D eigenvalue weighted by Gasteiger charge is 2.07. The zero-order valence-electron chi connectivity index (χ0n) is 6.44. The van der Waals surface area contributed by atoms with Crippen LogP contribution in [0.15, 0.2) is 12.4 Å². The molecular weight excluding hydrogens is 181 g/mol. The Kier molecular flexibility index (Phi) is 2.74. The highest BCUT2D eigenvalue weighted by molar-refractivity contribution is 6.42. The molecule has 0 radical (unpaired) electrons. The Morgan fingerprint density at radius 2 is 1.91 bits per heavy atom. The van der Waals surface area contributed by atoms with Crippen molar-refractivity contribution in [3.63, 3.8) is 0 Å². The molecule has 0 saturated heterocycles. The summed E-state index contributed by atoms with van der Waals surface area (Å²) >= 11 is 11.7. The quantitative estimate of drug-likeness (QED) is 0.660. The average Bonchev–Trinajstić information content (AvgIpc) is 1.94. The predicted molar refractivity (Wildman–Crippen MR) is 48.3 cm³/mol. The standard InChI is InChI=1S/C8H9Cl2N/c1-5(2)6-3-11-4-7(9)8(6)10/h3-5H,1-2H3. The third kappa shape index (κ3) is 1.85. The van der Waals surface area contributed by atoms with Crippen molar-refractivity contribution in [1.29, 1.82) is 0 Å². The first-order valence-electron chi connectivity index (χ1n) is 3.42. The second kappa shape index (κ2) is 3.42. The van der Waals surface area contributed by atoms with E-state index in [1.165, 1.54) is 0 Å². The van der Waals surface area contributed by atoms with Gasteiger partial charge in [0.15, 0.2) is 0 Å². The summed E-state index contributed by atoms with van der Waals surface area (Å²) < 4.78 is 0. The summed E-state index contributed by atoms with van der Waals surface area (Å²) in [6, 6.07) is 0. The van der Waals surface area contributed by atoms with E-state index in [0.717, 1.165) is 5.56 Å². The third-order valence-electron chi connectivity index (χ3n) is 1.49. The van der Waals surface area contributed by atoms with E-state index in [4.69, 9.17) is 23.2 Å². The topological polar surface area (TPSA) is 12.9 Å². The maximum absolute atomic E-state index is 5.92. The molecule has 0 N–H and O–H groups in total. The maximum atomic E-state index is 5.92. The van der Waals surface area contributed by atoms with Crippen LogP contribution in [0.2, 0.25) is 10.0 Å². The summed E-state index contributed by atoms with van der Waals surface area (Å²) in [5.41, 5.74) is 0.999. The van der Waals surface area contributed by atoms with Gasteiger partial charge in [-0.05, 0) is 11.5 Å². The number of nitrogens with zero attached hydrogens (tertiary/aromatic N) is 1. The first-order chi connectivity index (χ1) is 5.13. The molecule has 0 saturated carbocycles. The lowest BCUT2D eigenvalue weighted by Gasteiger charge is -2.07. The molecule has 0 bridgehead atoms. The van der Waals surface area contributed by atoms with Crippen LogP contribution >= 0.6 is 23.2 Å². The summed E-state index contributed by atoms with van der Waals surface area (Å²) in [5, 5.41) is 1.15. The second-order valence-electron chi connectivity index (χ2n) is 2.68. The Bertz CT molecular complexity index is 258. The van der Waals surface area contributed by atoms with Gasteiger partial charge in [0, 0.05) is 12.4 Å². The normalized spacial score (nSPS) is 10.6. The van der Waals surface area contributed by atoms with Crippen molar-refractivity contribution in [2.24, 2.45) is 0 Å². The molecule has 1 nitrogen and oxygen atoms in total. The van der Waals surface area contributed by atoms with Crippen LogP contribution in [0, 0.1) is 0 Å². The Labute approximate surface area is 76.4 Å². The van der Waals surface area contributed by atoms with Crippen LogP contribution in [0.4, 0.5) is 0 Å². The molecule has 1 heterocycles. The first-order valence-corrected chi connectivity index (χ1v) is 4.17. The number of rotatable bonds is 1. The van der Waals surface area contributed by atoms with Gasteiger partial charge in [0.1, 0.15) is 0 Å². The molecule has 1 aromatic heterocycles. The second-order valence-corrected chi connectivity index (χ2v) is 3.46. The number of halogens is 2. The summed E-state index contributed by atoms with van der Waals surface area (Å²) in [7, 11) is 0. The average molecular weight is 190 g/mol. The van der Waals surface area contributed by atoms with E-state index in [1.54, 1.807) is 12.4 Å². The molecule has 0 aliphatic rings. The van der Waals surface area contributed by atoms with Gasteiger partial charge < -0.3 is 0 Å². The van der Waals surface area contributed by atoms with Crippen molar-refractivity contribution in [3.05, 3.63) is 28.0 Å². The van der Waals surface area contributed by atoms with Crippen molar-refractivity contribution in [2.45, 2.75) is 19.8 Å². The van der Waals surface area contributed by atoms with E-state index in [-0.39, 0.29) is 0 Å². The van der Waals surface area contributed by atoms with Gasteiger partial charge in [0.2, 0.25) is 0 Å². The van der Waals surface area contributed by atoms with Crippen LogP contribution in [0.25, 0.3) is 0 Å². The van der Waals surface area contributed by atoms with Crippen molar-refractivity contribution >= 4 is 23.2 Å².